The van der Waals surface area contributed by atoms with Gasteiger partial charge in [0.1, 0.15) is 12.1 Å². The maximum Gasteiger partial charge on any atom is 0.325 e. The maximum absolute atomic E-state index is 12.9. The summed E-state index contributed by atoms with van der Waals surface area (Å²) in [5, 5.41) is 5.54. The zero-order valence-electron chi connectivity index (χ0n) is 16.0. The molecule has 1 saturated heterocycles. The number of urea groups is 1. The van der Waals surface area contributed by atoms with Crippen LogP contribution in [0.25, 0.3) is 0 Å². The molecule has 28 heavy (non-hydrogen) atoms. The van der Waals surface area contributed by atoms with Crippen molar-refractivity contribution in [1.29, 1.82) is 0 Å². The Labute approximate surface area is 172 Å². The van der Waals surface area contributed by atoms with Gasteiger partial charge in [-0.15, -0.1) is 0 Å². The van der Waals surface area contributed by atoms with Gasteiger partial charge >= 0.3 is 6.03 Å². The fourth-order valence-corrected chi connectivity index (χ4v) is 3.45. The maximum atomic E-state index is 12.9. The van der Waals surface area contributed by atoms with Gasteiger partial charge in [-0.2, -0.15) is 0 Å². The van der Waals surface area contributed by atoms with Crippen LogP contribution >= 0.6 is 15.9 Å². The molecule has 1 aliphatic rings. The van der Waals surface area contributed by atoms with E-state index >= 15 is 0 Å². The molecule has 0 saturated carbocycles. The zero-order chi connectivity index (χ0) is 20.5. The summed E-state index contributed by atoms with van der Waals surface area (Å²) in [7, 11) is 0. The summed E-state index contributed by atoms with van der Waals surface area (Å²) in [4.78, 5) is 38.7. The van der Waals surface area contributed by atoms with Gasteiger partial charge in [0.05, 0.1) is 6.04 Å². The van der Waals surface area contributed by atoms with Crippen LogP contribution in [0.1, 0.15) is 36.6 Å². The fourth-order valence-electron chi connectivity index (χ4n) is 3.19. The second kappa shape index (κ2) is 7.75. The van der Waals surface area contributed by atoms with Gasteiger partial charge in [0.2, 0.25) is 5.91 Å². The van der Waals surface area contributed by atoms with E-state index in [1.54, 1.807) is 6.92 Å². The summed E-state index contributed by atoms with van der Waals surface area (Å²) in [5.41, 5.74) is 1.49. The van der Waals surface area contributed by atoms with Crippen LogP contribution in [0.3, 0.4) is 0 Å². The highest BCUT2D eigenvalue weighted by Crippen LogP contribution is 2.29. The van der Waals surface area contributed by atoms with Crippen LogP contribution in [0.5, 0.6) is 0 Å². The second-order valence-electron chi connectivity index (χ2n) is 7.15. The number of hydrogen-bond donors (Lipinski definition) is 2. The average molecular weight is 444 g/mol. The first-order valence-corrected chi connectivity index (χ1v) is 9.76. The molecule has 4 amide bonds. The molecular weight excluding hydrogens is 422 g/mol. The summed E-state index contributed by atoms with van der Waals surface area (Å²) < 4.78 is 0.949. The average Bonchev–Trinajstić information content (AvgIpc) is 2.86. The van der Waals surface area contributed by atoms with Crippen LogP contribution in [-0.2, 0) is 15.1 Å². The van der Waals surface area contributed by atoms with Crippen LogP contribution in [0.2, 0.25) is 0 Å². The van der Waals surface area contributed by atoms with Gasteiger partial charge in [0.25, 0.3) is 5.91 Å². The number of aryl methyl sites for hydroxylation is 1. The second-order valence-corrected chi connectivity index (χ2v) is 8.07. The van der Waals surface area contributed by atoms with E-state index in [9.17, 15) is 14.4 Å². The third-order valence-corrected chi connectivity index (χ3v) is 5.48. The van der Waals surface area contributed by atoms with Crippen molar-refractivity contribution < 1.29 is 14.4 Å². The Kier molecular flexibility index (Phi) is 5.56. The third kappa shape index (κ3) is 3.94. The molecule has 2 aromatic carbocycles. The molecule has 1 heterocycles. The minimum atomic E-state index is -1.18. The predicted molar refractivity (Wildman–Crippen MR) is 109 cm³/mol. The molecule has 1 aliphatic heterocycles. The van der Waals surface area contributed by atoms with Gasteiger partial charge in [-0.05, 0) is 44.0 Å². The van der Waals surface area contributed by atoms with Gasteiger partial charge in [-0.1, -0.05) is 57.9 Å². The lowest BCUT2D eigenvalue weighted by Gasteiger charge is -2.22. The van der Waals surface area contributed by atoms with Crippen molar-refractivity contribution >= 4 is 33.8 Å². The number of carbonyl (C=O) groups is 3. The summed E-state index contributed by atoms with van der Waals surface area (Å²) in [6, 6.07) is 14.2. The van der Waals surface area contributed by atoms with E-state index in [0.29, 0.717) is 5.56 Å². The van der Waals surface area contributed by atoms with E-state index in [1.807, 2.05) is 62.4 Å². The number of hydrogen-bond acceptors (Lipinski definition) is 3. The Morgan fingerprint density at radius 1 is 1.14 bits per heavy atom. The molecule has 3 rings (SSSR count). The smallest absolute Gasteiger partial charge is 0.325 e. The third-order valence-electron chi connectivity index (χ3n) is 4.95. The molecule has 0 spiro atoms. The lowest BCUT2D eigenvalue weighted by Crippen LogP contribution is -2.43. The van der Waals surface area contributed by atoms with Crippen LogP contribution < -0.4 is 10.6 Å². The summed E-state index contributed by atoms with van der Waals surface area (Å²) in [6.45, 7) is 5.13. The molecule has 0 bridgehead atoms. The van der Waals surface area contributed by atoms with Crippen molar-refractivity contribution in [1.82, 2.24) is 15.5 Å². The van der Waals surface area contributed by atoms with E-state index in [2.05, 4.69) is 26.6 Å². The van der Waals surface area contributed by atoms with Crippen LogP contribution in [0.15, 0.2) is 53.0 Å². The largest absolute Gasteiger partial charge is 0.348 e. The van der Waals surface area contributed by atoms with Gasteiger partial charge in [-0.25, -0.2) is 4.79 Å². The van der Waals surface area contributed by atoms with Crippen molar-refractivity contribution in [2.75, 3.05) is 6.54 Å². The van der Waals surface area contributed by atoms with Crippen molar-refractivity contribution in [3.8, 4) is 0 Å². The number of nitrogens with one attached hydrogen (secondary N) is 2. The number of benzene rings is 2. The van der Waals surface area contributed by atoms with Crippen molar-refractivity contribution in [2.45, 2.75) is 32.4 Å². The highest BCUT2D eigenvalue weighted by Gasteiger charge is 2.49. The lowest BCUT2D eigenvalue weighted by molar-refractivity contribution is -0.135. The summed E-state index contributed by atoms with van der Waals surface area (Å²) >= 11 is 3.37. The molecular formula is C21H22BrN3O3. The van der Waals surface area contributed by atoms with Crippen LogP contribution in [0, 0.1) is 6.92 Å². The van der Waals surface area contributed by atoms with E-state index in [4.69, 9.17) is 0 Å². The first-order valence-electron chi connectivity index (χ1n) is 8.97. The Bertz CT molecular complexity index is 911. The Hall–Kier alpha value is -2.67. The quantitative estimate of drug-likeness (QED) is 0.694. The molecule has 7 heteroatoms. The first-order chi connectivity index (χ1) is 13.2. The number of rotatable bonds is 5. The Balaban J connectivity index is 1.69. The van der Waals surface area contributed by atoms with Gasteiger partial charge in [-0.3, -0.25) is 14.5 Å². The van der Waals surface area contributed by atoms with Crippen LogP contribution in [0.4, 0.5) is 4.79 Å². The molecule has 0 aliphatic carbocycles. The van der Waals surface area contributed by atoms with Crippen molar-refractivity contribution in [2.24, 2.45) is 0 Å². The number of halogens is 1. The van der Waals surface area contributed by atoms with Gasteiger partial charge in [0, 0.05) is 4.47 Å². The number of nitrogens with zero attached hydrogens (tertiary/aromatic N) is 1. The Morgan fingerprint density at radius 2 is 1.75 bits per heavy atom. The molecule has 1 fully saturated rings. The van der Waals surface area contributed by atoms with E-state index in [-0.39, 0.29) is 12.6 Å². The fraction of sp³-hybridized carbons (Fsp3) is 0.286. The van der Waals surface area contributed by atoms with Gasteiger partial charge < -0.3 is 10.6 Å². The van der Waals surface area contributed by atoms with Crippen LogP contribution in [-0.4, -0.2) is 29.3 Å². The molecule has 0 radical (unpaired) electrons. The molecule has 2 aromatic rings. The topological polar surface area (TPSA) is 78.5 Å². The number of amides is 4. The summed E-state index contributed by atoms with van der Waals surface area (Å²) in [6.07, 6.45) is 0. The minimum absolute atomic E-state index is 0.246. The number of carbonyl (C=O) groups excluding carboxylic acids is 3. The molecule has 0 aromatic heterocycles. The molecule has 146 valence electrons. The first kappa shape index (κ1) is 20.1. The Morgan fingerprint density at radius 3 is 2.36 bits per heavy atom. The standard InChI is InChI=1S/C21H22BrN3O3/c1-13-4-8-16(9-5-13)21(3)19(27)25(20(28)24-21)12-18(26)23-14(2)15-6-10-17(22)11-7-15/h4-11,14H,12H2,1-3H3,(H,23,26)(H,24,28)/t14-,21-/m1/s1. The lowest BCUT2D eigenvalue weighted by atomic mass is 9.91. The van der Waals surface area contributed by atoms with E-state index in [0.717, 1.165) is 20.5 Å². The SMILES string of the molecule is Cc1ccc([C@@]2(C)NC(=O)N(CC(=O)N[C@H](C)c3ccc(Br)cc3)C2=O)cc1. The van der Waals surface area contributed by atoms with Crippen molar-refractivity contribution in [3.05, 3.63) is 69.7 Å². The predicted octanol–water partition coefficient (Wildman–Crippen LogP) is 3.40. The summed E-state index contributed by atoms with van der Waals surface area (Å²) in [5.74, 6) is -0.833. The van der Waals surface area contributed by atoms with Crippen molar-refractivity contribution in [3.63, 3.8) is 0 Å². The van der Waals surface area contributed by atoms with E-state index < -0.39 is 23.4 Å². The normalized spacial score (nSPS) is 20.1. The molecule has 6 nitrogen and oxygen atoms in total. The molecule has 2 atom stereocenters. The highest BCUT2D eigenvalue weighted by atomic mass is 79.9. The number of imide groups is 1. The zero-order valence-corrected chi connectivity index (χ0v) is 17.5. The minimum Gasteiger partial charge on any atom is -0.348 e. The highest BCUT2D eigenvalue weighted by molar-refractivity contribution is 9.10. The molecule has 2 N–H and O–H groups in total. The van der Waals surface area contributed by atoms with E-state index in [1.165, 1.54) is 0 Å². The van der Waals surface area contributed by atoms with Gasteiger partial charge in [0.15, 0.2) is 0 Å². The molecule has 0 unspecified atom stereocenters. The monoisotopic (exact) mass is 443 g/mol.